The summed E-state index contributed by atoms with van der Waals surface area (Å²) in [5, 5.41) is 0. The number of aromatic nitrogens is 4. The zero-order valence-corrected chi connectivity index (χ0v) is 20.2. The lowest BCUT2D eigenvalue weighted by Gasteiger charge is -2.15. The fraction of sp³-hybridized carbons (Fsp3) is 0.263. The van der Waals surface area contributed by atoms with Crippen molar-refractivity contribution in [3.05, 3.63) is 51.8 Å². The Morgan fingerprint density at radius 3 is 2.47 bits per heavy atom. The lowest BCUT2D eigenvalue weighted by atomic mass is 10.1. The van der Waals surface area contributed by atoms with Gasteiger partial charge < -0.3 is 9.47 Å². The third kappa shape index (κ3) is 7.08. The van der Waals surface area contributed by atoms with E-state index in [0.717, 1.165) is 6.33 Å². The number of rotatable bonds is 11. The van der Waals surface area contributed by atoms with Gasteiger partial charge in [0, 0.05) is 26.1 Å². The van der Waals surface area contributed by atoms with Crippen molar-refractivity contribution in [1.82, 2.24) is 24.7 Å². The van der Waals surface area contributed by atoms with Gasteiger partial charge in [0.2, 0.25) is 5.88 Å². The number of halogens is 2. The van der Waals surface area contributed by atoms with Crippen LogP contribution in [0.1, 0.15) is 24.3 Å². The highest BCUT2D eigenvalue weighted by Crippen LogP contribution is 2.34. The molecule has 1 aromatic carbocycles. The Hall–Kier alpha value is -2.35. The first-order valence-electron chi connectivity index (χ1n) is 12.7. The molecule has 170 valence electrons. The highest BCUT2D eigenvalue weighted by molar-refractivity contribution is 9.10. The molecule has 2 aromatic heterocycles. The fourth-order valence-electron chi connectivity index (χ4n) is 2.06. The summed E-state index contributed by atoms with van der Waals surface area (Å²) in [5.41, 5.74) is -1.06. The van der Waals surface area contributed by atoms with Crippen LogP contribution in [0, 0.1) is 0 Å². The van der Waals surface area contributed by atoms with E-state index in [2.05, 4.69) is 51.8 Å². The molecular formula is C19H20Br2N6O4S. The van der Waals surface area contributed by atoms with E-state index < -0.39 is 76.9 Å². The molecule has 0 saturated heterocycles. The zero-order valence-electron chi connectivity index (χ0n) is 24.2. The molecule has 10 nitrogen and oxygen atoms in total. The van der Waals surface area contributed by atoms with E-state index >= 15 is 0 Å². The second-order valence-electron chi connectivity index (χ2n) is 5.55. The number of benzene rings is 1. The molecule has 0 spiro atoms. The molecule has 0 aliphatic rings. The highest BCUT2D eigenvalue weighted by Gasteiger charge is 2.19. The summed E-state index contributed by atoms with van der Waals surface area (Å²) in [6, 6.07) is -2.54. The number of ether oxygens (including phenoxy) is 2. The van der Waals surface area contributed by atoms with Gasteiger partial charge in [-0.05, 0) is 40.0 Å². The van der Waals surface area contributed by atoms with Crippen molar-refractivity contribution in [2.45, 2.75) is 13.3 Å². The summed E-state index contributed by atoms with van der Waals surface area (Å²) in [6.45, 7) is -4.42. The maximum atomic E-state index is 12.7. The Morgan fingerprint density at radius 1 is 1.06 bits per heavy atom. The first-order valence-corrected chi connectivity index (χ1v) is 11.8. The third-order valence-corrected chi connectivity index (χ3v) is 4.98. The van der Waals surface area contributed by atoms with E-state index in [1.165, 1.54) is 19.3 Å². The van der Waals surface area contributed by atoms with Crippen LogP contribution < -0.4 is 18.9 Å². The summed E-state index contributed by atoms with van der Waals surface area (Å²) in [5.74, 6) is -1.31. The van der Waals surface area contributed by atoms with Crippen molar-refractivity contribution < 1.29 is 28.9 Å². The van der Waals surface area contributed by atoms with Crippen LogP contribution in [0.25, 0.3) is 11.1 Å². The normalized spacial score (nSPS) is 15.7. The Labute approximate surface area is 213 Å². The minimum absolute atomic E-state index is 0.177. The molecule has 0 fully saturated rings. The van der Waals surface area contributed by atoms with Crippen LogP contribution in [0.3, 0.4) is 0 Å². The van der Waals surface area contributed by atoms with Crippen LogP contribution in [0.15, 0.2) is 51.8 Å². The minimum atomic E-state index is -4.68. The molecule has 0 aliphatic heterocycles. The van der Waals surface area contributed by atoms with Gasteiger partial charge in [-0.3, -0.25) is 4.72 Å². The molecule has 0 unspecified atom stereocenters. The Bertz CT molecular complexity index is 1490. The van der Waals surface area contributed by atoms with Crippen LogP contribution in [-0.2, 0) is 10.2 Å². The van der Waals surface area contributed by atoms with Crippen LogP contribution >= 0.6 is 31.9 Å². The van der Waals surface area contributed by atoms with Gasteiger partial charge in [-0.2, -0.15) is 13.1 Å². The van der Waals surface area contributed by atoms with Gasteiger partial charge in [-0.15, -0.1) is 0 Å². The predicted molar refractivity (Wildman–Crippen MR) is 127 cm³/mol. The lowest BCUT2D eigenvalue weighted by Crippen LogP contribution is -2.31. The molecular weight excluding hydrogens is 568 g/mol. The van der Waals surface area contributed by atoms with Gasteiger partial charge >= 0.3 is 6.01 Å². The molecule has 2 heterocycles. The molecule has 0 saturated carbocycles. The van der Waals surface area contributed by atoms with Crippen LogP contribution in [0.2, 0.25) is 0 Å². The van der Waals surface area contributed by atoms with Crippen molar-refractivity contribution in [1.29, 1.82) is 0 Å². The summed E-state index contributed by atoms with van der Waals surface area (Å²) in [6.07, 6.45) is 3.30. The van der Waals surface area contributed by atoms with Gasteiger partial charge in [0.15, 0.2) is 5.82 Å². The topological polar surface area (TPSA) is 128 Å². The summed E-state index contributed by atoms with van der Waals surface area (Å²) in [7, 11) is -4.68. The molecule has 0 amide bonds. The number of anilines is 1. The predicted octanol–water partition coefficient (Wildman–Crippen LogP) is 3.57. The van der Waals surface area contributed by atoms with Gasteiger partial charge in [-0.1, -0.05) is 34.9 Å². The minimum Gasteiger partial charge on any atom is -0.473 e. The largest absolute Gasteiger partial charge is 0.473 e. The molecule has 0 aliphatic carbocycles. The quantitative estimate of drug-likeness (QED) is 0.344. The Morgan fingerprint density at radius 2 is 1.78 bits per heavy atom. The van der Waals surface area contributed by atoms with E-state index in [1.807, 2.05) is 4.72 Å². The smallest absolute Gasteiger partial charge is 0.316 e. The average Bonchev–Trinajstić information content (AvgIpc) is 2.86. The SMILES string of the molecule is [2H]c1c([2H])c(-c2c(NS(=O)(=O)NC([2H])([2H])CC)ncnc2OC([2H])([2H])COc2ncc(Br)cn2)c([2H])c([2H])c1Br. The zero-order chi connectivity index (χ0) is 30.0. The summed E-state index contributed by atoms with van der Waals surface area (Å²) in [4.78, 5) is 15.4. The molecule has 3 rings (SSSR count). The van der Waals surface area contributed by atoms with Gasteiger partial charge in [0.05, 0.1) is 18.3 Å². The average molecular weight is 596 g/mol. The molecule has 0 radical (unpaired) electrons. The van der Waals surface area contributed by atoms with Crippen LogP contribution in [-0.4, -0.2) is 48.0 Å². The van der Waals surface area contributed by atoms with E-state index in [-0.39, 0.29) is 16.9 Å². The fourth-order valence-corrected chi connectivity index (χ4v) is 3.26. The number of hydrogen-bond acceptors (Lipinski definition) is 8. The van der Waals surface area contributed by atoms with Crippen molar-refractivity contribution in [3.8, 4) is 23.0 Å². The van der Waals surface area contributed by atoms with Crippen molar-refractivity contribution in [2.75, 3.05) is 24.4 Å². The Balaban J connectivity index is 2.13. The van der Waals surface area contributed by atoms with Gasteiger partial charge in [0.1, 0.15) is 19.5 Å². The molecule has 32 heavy (non-hydrogen) atoms. The van der Waals surface area contributed by atoms with Crippen molar-refractivity contribution in [3.63, 3.8) is 0 Å². The van der Waals surface area contributed by atoms with Crippen molar-refractivity contribution in [2.24, 2.45) is 0 Å². The Kier molecular flexibility index (Phi) is 5.56. The van der Waals surface area contributed by atoms with E-state index in [1.54, 1.807) is 4.72 Å². The van der Waals surface area contributed by atoms with Crippen LogP contribution in [0.4, 0.5) is 5.82 Å². The number of nitrogens with zero attached hydrogens (tertiary/aromatic N) is 4. The van der Waals surface area contributed by atoms with E-state index in [4.69, 9.17) is 20.4 Å². The third-order valence-electron chi connectivity index (χ3n) is 3.30. The highest BCUT2D eigenvalue weighted by atomic mass is 79.9. The molecule has 2 N–H and O–H groups in total. The van der Waals surface area contributed by atoms with E-state index in [0.29, 0.717) is 4.47 Å². The second-order valence-corrected chi connectivity index (χ2v) is 8.67. The van der Waals surface area contributed by atoms with Crippen molar-refractivity contribution >= 4 is 47.9 Å². The maximum Gasteiger partial charge on any atom is 0.316 e. The summed E-state index contributed by atoms with van der Waals surface area (Å²) < 4.78 is 105. The maximum absolute atomic E-state index is 12.7. The standard InChI is InChI=1S/C19H20Br2N6O4S/c1-2-7-26-32(28,29)27-17-16(13-3-5-14(20)6-4-13)18(25-12-24-17)30-8-9-31-19-22-10-15(21)11-23-19/h3-6,10-12,26H,2,7-9H2,1H3,(H,24,25,27)/i3D,4D,5D,6D,7D2,8D2. The first-order chi connectivity index (χ1) is 18.5. The molecule has 0 bridgehead atoms. The second kappa shape index (κ2) is 11.5. The molecule has 0 atom stereocenters. The van der Waals surface area contributed by atoms with Gasteiger partial charge in [0.25, 0.3) is 10.2 Å². The first kappa shape index (κ1) is 15.5. The van der Waals surface area contributed by atoms with Gasteiger partial charge in [-0.25, -0.2) is 19.9 Å². The van der Waals surface area contributed by atoms with E-state index in [9.17, 15) is 8.42 Å². The lowest BCUT2D eigenvalue weighted by molar-refractivity contribution is 0.202. The monoisotopic (exact) mass is 594 g/mol. The molecule has 3 aromatic rings. The molecule has 13 heteroatoms. The number of hydrogen-bond donors (Lipinski definition) is 2. The number of nitrogens with one attached hydrogen (secondary N) is 2. The van der Waals surface area contributed by atoms with Crippen LogP contribution in [0.5, 0.6) is 11.9 Å². The summed E-state index contributed by atoms with van der Waals surface area (Å²) >= 11 is 6.13.